The van der Waals surface area contributed by atoms with E-state index in [1.807, 2.05) is 0 Å². The Morgan fingerprint density at radius 3 is 2.56 bits per heavy atom. The lowest BCUT2D eigenvalue weighted by atomic mass is 10.1. The lowest BCUT2D eigenvalue weighted by Crippen LogP contribution is -2.48. The van der Waals surface area contributed by atoms with E-state index in [0.717, 1.165) is 13.1 Å². The van der Waals surface area contributed by atoms with Crippen molar-refractivity contribution in [2.45, 2.75) is 12.2 Å². The predicted octanol–water partition coefficient (Wildman–Crippen LogP) is 2.00. The topological polar surface area (TPSA) is 109 Å². The highest BCUT2D eigenvalue weighted by atomic mass is 19.4. The highest BCUT2D eigenvalue weighted by Gasteiger charge is 2.35. The normalized spacial score (nSPS) is 16.1. The molecule has 1 fully saturated rings. The maximum atomic E-state index is 13.0. The van der Waals surface area contributed by atoms with Gasteiger partial charge in [-0.3, -0.25) is 9.69 Å². The Morgan fingerprint density at radius 1 is 1.16 bits per heavy atom. The highest BCUT2D eigenvalue weighted by molar-refractivity contribution is 6.06. The molecule has 3 heterocycles. The number of nitrogens with two attached hydrogens (primary N) is 1. The number of halogens is 3. The van der Waals surface area contributed by atoms with Crippen molar-refractivity contribution in [1.82, 2.24) is 30.5 Å². The second-order valence-corrected chi connectivity index (χ2v) is 7.46. The molecule has 0 saturated carbocycles. The monoisotopic (exact) mass is 445 g/mol. The van der Waals surface area contributed by atoms with E-state index in [-0.39, 0.29) is 18.5 Å². The Labute approximate surface area is 182 Å². The third-order valence-corrected chi connectivity index (χ3v) is 5.36. The summed E-state index contributed by atoms with van der Waals surface area (Å²) in [6.07, 6.45) is -2.25. The van der Waals surface area contributed by atoms with Crippen LogP contribution in [0.5, 0.6) is 0 Å². The van der Waals surface area contributed by atoms with Gasteiger partial charge in [-0.15, -0.1) is 0 Å². The molecule has 0 radical (unpaired) electrons. The predicted molar refractivity (Wildman–Crippen MR) is 113 cm³/mol. The molecule has 0 aliphatic carbocycles. The van der Waals surface area contributed by atoms with Gasteiger partial charge in [-0.25, -0.2) is 15.0 Å². The third-order valence-electron chi connectivity index (χ3n) is 5.36. The van der Waals surface area contributed by atoms with Gasteiger partial charge in [0.15, 0.2) is 0 Å². The van der Waals surface area contributed by atoms with Crippen LogP contribution in [0, 0.1) is 0 Å². The van der Waals surface area contributed by atoms with E-state index in [2.05, 4.69) is 30.5 Å². The number of piperazine rings is 1. The van der Waals surface area contributed by atoms with Gasteiger partial charge in [0.25, 0.3) is 5.91 Å². The fraction of sp³-hybridized carbons (Fsp3) is 0.333. The highest BCUT2D eigenvalue weighted by Crippen LogP contribution is 2.27. The second-order valence-electron chi connectivity index (χ2n) is 7.46. The molecule has 0 spiro atoms. The first kappa shape index (κ1) is 21.9. The van der Waals surface area contributed by atoms with Crippen LogP contribution in [0.1, 0.15) is 27.8 Å². The fourth-order valence-electron chi connectivity index (χ4n) is 3.76. The van der Waals surface area contributed by atoms with Crippen molar-refractivity contribution >= 4 is 22.6 Å². The van der Waals surface area contributed by atoms with Crippen LogP contribution >= 0.6 is 0 Å². The Kier molecular flexibility index (Phi) is 6.19. The van der Waals surface area contributed by atoms with Gasteiger partial charge in [0.1, 0.15) is 5.82 Å². The van der Waals surface area contributed by atoms with E-state index in [9.17, 15) is 18.0 Å². The van der Waals surface area contributed by atoms with Crippen LogP contribution in [0.25, 0.3) is 10.9 Å². The van der Waals surface area contributed by atoms with Crippen LogP contribution in [0.4, 0.5) is 19.0 Å². The summed E-state index contributed by atoms with van der Waals surface area (Å²) < 4.78 is 38.6. The first-order chi connectivity index (χ1) is 15.3. The Hall–Kier alpha value is -3.31. The molecular formula is C21H22F3N7O. The van der Waals surface area contributed by atoms with Crippen LogP contribution in [-0.2, 0) is 6.18 Å². The van der Waals surface area contributed by atoms with Crippen LogP contribution in [0.2, 0.25) is 0 Å². The molecule has 32 heavy (non-hydrogen) atoms. The summed E-state index contributed by atoms with van der Waals surface area (Å²) in [7, 11) is 0. The summed E-state index contributed by atoms with van der Waals surface area (Å²) in [5, 5.41) is 6.81. The lowest BCUT2D eigenvalue weighted by Gasteiger charge is -2.35. The largest absolute Gasteiger partial charge is 0.451 e. The van der Waals surface area contributed by atoms with E-state index in [0.29, 0.717) is 40.9 Å². The SMILES string of the molecule is Nc1ccc2c(C(=O)NCC(c3cnc(C(F)(F)F)nc3)N3CCNCC3)cccc2n1. The summed E-state index contributed by atoms with van der Waals surface area (Å²) in [4.78, 5) is 26.3. The maximum Gasteiger partial charge on any atom is 0.451 e. The first-order valence-electron chi connectivity index (χ1n) is 10.1. The lowest BCUT2D eigenvalue weighted by molar-refractivity contribution is -0.145. The van der Waals surface area contributed by atoms with Gasteiger partial charge in [-0.1, -0.05) is 6.07 Å². The van der Waals surface area contributed by atoms with E-state index in [1.54, 1.807) is 30.3 Å². The molecule has 1 aliphatic heterocycles. The van der Waals surface area contributed by atoms with Crippen molar-refractivity contribution in [3.05, 3.63) is 59.7 Å². The summed E-state index contributed by atoms with van der Waals surface area (Å²) in [6, 6.07) is 8.18. The van der Waals surface area contributed by atoms with Crippen molar-refractivity contribution < 1.29 is 18.0 Å². The zero-order chi connectivity index (χ0) is 22.7. The zero-order valence-corrected chi connectivity index (χ0v) is 17.1. The summed E-state index contributed by atoms with van der Waals surface area (Å²) in [5.74, 6) is -1.14. The van der Waals surface area contributed by atoms with Gasteiger partial charge in [-0.2, -0.15) is 13.2 Å². The van der Waals surface area contributed by atoms with Crippen LogP contribution in [-0.4, -0.2) is 58.5 Å². The van der Waals surface area contributed by atoms with Gasteiger partial charge in [0, 0.05) is 61.6 Å². The minimum absolute atomic E-state index is 0.187. The first-order valence-corrected chi connectivity index (χ1v) is 10.1. The Morgan fingerprint density at radius 2 is 1.88 bits per heavy atom. The number of alkyl halides is 3. The summed E-state index contributed by atoms with van der Waals surface area (Å²) in [5.41, 5.74) is 7.28. The number of carbonyl (C=O) groups is 1. The number of benzene rings is 1. The van der Waals surface area contributed by atoms with Crippen molar-refractivity contribution in [2.75, 3.05) is 38.5 Å². The van der Waals surface area contributed by atoms with E-state index >= 15 is 0 Å². The number of nitrogens with one attached hydrogen (secondary N) is 2. The number of hydrogen-bond acceptors (Lipinski definition) is 7. The minimum Gasteiger partial charge on any atom is -0.384 e. The molecule has 4 rings (SSSR count). The molecule has 2 aromatic heterocycles. The standard InChI is InChI=1S/C21H22F3N7O/c22-21(23,24)20-28-10-13(11-29-20)17(31-8-6-26-7-9-31)12-27-19(32)15-2-1-3-16-14(15)4-5-18(25)30-16/h1-5,10-11,17,26H,6-9,12H2,(H2,25,30)(H,27,32). The quantitative estimate of drug-likeness (QED) is 0.551. The number of nitrogens with zero attached hydrogens (tertiary/aromatic N) is 4. The zero-order valence-electron chi connectivity index (χ0n) is 17.1. The van der Waals surface area contributed by atoms with Crippen molar-refractivity contribution in [3.63, 3.8) is 0 Å². The summed E-state index contributed by atoms with van der Waals surface area (Å²) in [6.45, 7) is 3.02. The summed E-state index contributed by atoms with van der Waals surface area (Å²) >= 11 is 0. The van der Waals surface area contributed by atoms with Gasteiger partial charge >= 0.3 is 6.18 Å². The van der Waals surface area contributed by atoms with Gasteiger partial charge in [0.2, 0.25) is 5.82 Å². The number of hydrogen-bond donors (Lipinski definition) is 3. The molecule has 1 saturated heterocycles. The molecule has 168 valence electrons. The third kappa shape index (κ3) is 4.78. The maximum absolute atomic E-state index is 13.0. The molecular weight excluding hydrogens is 423 g/mol. The van der Waals surface area contributed by atoms with E-state index in [4.69, 9.17) is 5.73 Å². The molecule has 8 nitrogen and oxygen atoms in total. The number of amides is 1. The van der Waals surface area contributed by atoms with Gasteiger partial charge in [0.05, 0.1) is 11.6 Å². The number of rotatable bonds is 5. The molecule has 3 aromatic rings. The van der Waals surface area contributed by atoms with Crippen LogP contribution in [0.15, 0.2) is 42.7 Å². The number of anilines is 1. The molecule has 1 aliphatic rings. The van der Waals surface area contributed by atoms with Gasteiger partial charge < -0.3 is 16.4 Å². The molecule has 1 amide bonds. The Bertz CT molecular complexity index is 1100. The smallest absolute Gasteiger partial charge is 0.384 e. The van der Waals surface area contributed by atoms with E-state index in [1.165, 1.54) is 12.4 Å². The number of nitrogen functional groups attached to an aromatic ring is 1. The Balaban J connectivity index is 1.56. The average molecular weight is 445 g/mol. The minimum atomic E-state index is -4.61. The second kappa shape index (κ2) is 9.05. The molecule has 1 atom stereocenters. The van der Waals surface area contributed by atoms with E-state index < -0.39 is 12.0 Å². The van der Waals surface area contributed by atoms with Crippen molar-refractivity contribution in [2.24, 2.45) is 0 Å². The average Bonchev–Trinajstić information content (AvgIpc) is 2.79. The van der Waals surface area contributed by atoms with Crippen LogP contribution in [0.3, 0.4) is 0 Å². The van der Waals surface area contributed by atoms with Crippen LogP contribution < -0.4 is 16.4 Å². The fourth-order valence-corrected chi connectivity index (χ4v) is 3.76. The number of pyridine rings is 1. The van der Waals surface area contributed by atoms with Crippen molar-refractivity contribution in [1.29, 1.82) is 0 Å². The molecule has 11 heteroatoms. The number of aromatic nitrogens is 3. The molecule has 1 aromatic carbocycles. The number of carbonyl (C=O) groups excluding carboxylic acids is 1. The molecule has 4 N–H and O–H groups in total. The molecule has 0 bridgehead atoms. The van der Waals surface area contributed by atoms with Gasteiger partial charge in [-0.05, 0) is 24.3 Å². The van der Waals surface area contributed by atoms with Crippen molar-refractivity contribution in [3.8, 4) is 0 Å². The number of fused-ring (bicyclic) bond motifs is 1. The molecule has 1 unspecified atom stereocenters.